The summed E-state index contributed by atoms with van der Waals surface area (Å²) in [5.41, 5.74) is 6.54. The minimum absolute atomic E-state index is 0.0552. The molecule has 0 aliphatic carbocycles. The molecule has 9 heteroatoms. The number of pyridine rings is 1. The van der Waals surface area contributed by atoms with Gasteiger partial charge in [0.2, 0.25) is 10.0 Å². The summed E-state index contributed by atoms with van der Waals surface area (Å²) in [6.45, 7) is 0.149. The van der Waals surface area contributed by atoms with E-state index in [-0.39, 0.29) is 16.4 Å². The summed E-state index contributed by atoms with van der Waals surface area (Å²) >= 11 is 4.76. The van der Waals surface area contributed by atoms with Gasteiger partial charge in [-0.1, -0.05) is 12.2 Å². The molecule has 7 nitrogen and oxygen atoms in total. The van der Waals surface area contributed by atoms with Gasteiger partial charge >= 0.3 is 0 Å². The summed E-state index contributed by atoms with van der Waals surface area (Å²) < 4.78 is 28.2. The molecular formula is C11H13N5O2S2. The molecular weight excluding hydrogens is 298 g/mol. The second-order valence-corrected chi connectivity index (χ2v) is 6.22. The number of hydrogen-bond acceptors (Lipinski definition) is 5. The molecule has 106 valence electrons. The van der Waals surface area contributed by atoms with Gasteiger partial charge in [0, 0.05) is 19.4 Å². The highest BCUT2D eigenvalue weighted by atomic mass is 32.2. The van der Waals surface area contributed by atoms with Crippen molar-refractivity contribution >= 4 is 27.2 Å². The number of aromatic nitrogens is 3. The van der Waals surface area contributed by atoms with Gasteiger partial charge in [-0.3, -0.25) is 9.67 Å². The molecule has 0 atom stereocenters. The molecule has 0 aliphatic heterocycles. The van der Waals surface area contributed by atoms with Crippen molar-refractivity contribution in [2.45, 2.75) is 11.4 Å². The molecule has 2 rings (SSSR count). The van der Waals surface area contributed by atoms with Gasteiger partial charge in [-0.2, -0.15) is 5.10 Å². The Morgan fingerprint density at radius 1 is 1.45 bits per heavy atom. The Morgan fingerprint density at radius 2 is 2.20 bits per heavy atom. The number of rotatable bonds is 5. The van der Waals surface area contributed by atoms with Crippen molar-refractivity contribution in [3.8, 4) is 0 Å². The number of thiocarbonyl (C=S) groups is 1. The molecule has 0 aliphatic rings. The lowest BCUT2D eigenvalue weighted by Gasteiger charge is -2.07. The number of nitrogens with zero attached hydrogens (tertiary/aromatic N) is 3. The molecule has 0 saturated heterocycles. The van der Waals surface area contributed by atoms with Crippen LogP contribution in [0.1, 0.15) is 11.4 Å². The largest absolute Gasteiger partial charge is 0.388 e. The molecule has 2 heterocycles. The normalized spacial score (nSPS) is 11.4. The third kappa shape index (κ3) is 3.18. The molecule has 0 bridgehead atoms. The van der Waals surface area contributed by atoms with Crippen LogP contribution in [0.3, 0.4) is 0 Å². The van der Waals surface area contributed by atoms with Gasteiger partial charge in [-0.25, -0.2) is 13.1 Å². The third-order valence-electron chi connectivity index (χ3n) is 2.66. The first-order chi connectivity index (χ1) is 9.40. The summed E-state index contributed by atoms with van der Waals surface area (Å²) in [5, 5.41) is 3.96. The van der Waals surface area contributed by atoms with E-state index in [0.29, 0.717) is 5.69 Å². The third-order valence-corrected chi connectivity index (χ3v) is 4.26. The molecule has 0 saturated carbocycles. The van der Waals surface area contributed by atoms with E-state index in [1.165, 1.54) is 18.3 Å². The molecule has 3 N–H and O–H groups in total. The van der Waals surface area contributed by atoms with E-state index in [0.717, 1.165) is 5.69 Å². The zero-order chi connectivity index (χ0) is 14.8. The van der Waals surface area contributed by atoms with Crippen LogP contribution in [0.2, 0.25) is 0 Å². The highest BCUT2D eigenvalue weighted by Gasteiger charge is 2.15. The predicted molar refractivity (Wildman–Crippen MR) is 77.4 cm³/mol. The first kappa shape index (κ1) is 14.6. The van der Waals surface area contributed by atoms with Gasteiger partial charge in [0.25, 0.3) is 0 Å². The van der Waals surface area contributed by atoms with E-state index in [9.17, 15) is 8.42 Å². The zero-order valence-electron chi connectivity index (χ0n) is 10.6. The lowest BCUT2D eigenvalue weighted by molar-refractivity contribution is 0.576. The second-order valence-electron chi connectivity index (χ2n) is 4.01. The summed E-state index contributed by atoms with van der Waals surface area (Å²) in [7, 11) is -1.90. The first-order valence-electron chi connectivity index (χ1n) is 5.62. The fourth-order valence-corrected chi connectivity index (χ4v) is 2.58. The van der Waals surface area contributed by atoms with Crippen LogP contribution in [0.25, 0.3) is 0 Å². The Hall–Kier alpha value is -1.84. The van der Waals surface area contributed by atoms with E-state index >= 15 is 0 Å². The van der Waals surface area contributed by atoms with Gasteiger partial charge in [0.05, 0.1) is 17.9 Å². The van der Waals surface area contributed by atoms with Crippen LogP contribution in [-0.4, -0.2) is 28.2 Å². The van der Waals surface area contributed by atoms with Crippen LogP contribution in [-0.2, 0) is 23.6 Å². The van der Waals surface area contributed by atoms with E-state index in [4.69, 9.17) is 18.0 Å². The summed E-state index contributed by atoms with van der Waals surface area (Å²) in [6.07, 6.45) is 2.82. The Balaban J connectivity index is 2.14. The van der Waals surface area contributed by atoms with Crippen LogP contribution in [0.5, 0.6) is 0 Å². The van der Waals surface area contributed by atoms with Crippen molar-refractivity contribution in [3.05, 3.63) is 42.0 Å². The van der Waals surface area contributed by atoms with Crippen molar-refractivity contribution in [1.82, 2.24) is 19.5 Å². The molecule has 0 aromatic carbocycles. The Bertz CT molecular complexity index is 722. The fourth-order valence-electron chi connectivity index (χ4n) is 1.51. The van der Waals surface area contributed by atoms with E-state index in [2.05, 4.69) is 14.8 Å². The maximum absolute atomic E-state index is 12.1. The average Bonchev–Trinajstić information content (AvgIpc) is 2.82. The highest BCUT2D eigenvalue weighted by molar-refractivity contribution is 7.89. The summed E-state index contributed by atoms with van der Waals surface area (Å²) in [5.74, 6) is 0. The van der Waals surface area contributed by atoms with Crippen LogP contribution < -0.4 is 10.5 Å². The molecule has 2 aromatic heterocycles. The lowest BCUT2D eigenvalue weighted by Crippen LogP contribution is -2.24. The molecule has 0 fully saturated rings. The highest BCUT2D eigenvalue weighted by Crippen LogP contribution is 2.09. The molecule has 20 heavy (non-hydrogen) atoms. The van der Waals surface area contributed by atoms with E-state index in [1.54, 1.807) is 24.0 Å². The van der Waals surface area contributed by atoms with Crippen molar-refractivity contribution in [2.24, 2.45) is 12.8 Å². The minimum Gasteiger partial charge on any atom is -0.388 e. The molecule has 0 unspecified atom stereocenters. The molecule has 0 spiro atoms. The number of hydrogen-bond donors (Lipinski definition) is 2. The van der Waals surface area contributed by atoms with Gasteiger partial charge in [-0.15, -0.1) is 0 Å². The monoisotopic (exact) mass is 311 g/mol. The standard InChI is InChI=1S/C11H13N5O2S2/c1-16-8(4-5-14-16)6-15-20(17,18)9-2-3-10(11(12)19)13-7-9/h2-5,7,15H,6H2,1H3,(H2,12,19). The number of sulfonamides is 1. The average molecular weight is 311 g/mol. The van der Waals surface area contributed by atoms with E-state index in [1.807, 2.05) is 0 Å². The predicted octanol–water partition coefficient (Wildman–Crippen LogP) is -0.0722. The van der Waals surface area contributed by atoms with Crippen molar-refractivity contribution < 1.29 is 8.42 Å². The zero-order valence-corrected chi connectivity index (χ0v) is 12.3. The van der Waals surface area contributed by atoms with Gasteiger partial charge < -0.3 is 5.73 Å². The number of aryl methyl sites for hydroxylation is 1. The molecule has 0 amide bonds. The van der Waals surface area contributed by atoms with Gasteiger partial charge in [0.15, 0.2) is 0 Å². The van der Waals surface area contributed by atoms with Crippen LogP contribution in [0.15, 0.2) is 35.5 Å². The smallest absolute Gasteiger partial charge is 0.242 e. The SMILES string of the molecule is Cn1nccc1CNS(=O)(=O)c1ccc(C(N)=S)nc1. The minimum atomic E-state index is -3.63. The van der Waals surface area contributed by atoms with Crippen LogP contribution >= 0.6 is 12.2 Å². The van der Waals surface area contributed by atoms with Crippen molar-refractivity contribution in [2.75, 3.05) is 0 Å². The van der Waals surface area contributed by atoms with Crippen LogP contribution in [0, 0.1) is 0 Å². The number of nitrogens with two attached hydrogens (primary N) is 1. The first-order valence-corrected chi connectivity index (χ1v) is 7.52. The summed E-state index contributed by atoms with van der Waals surface area (Å²) in [4.78, 5) is 4.08. The van der Waals surface area contributed by atoms with Crippen LogP contribution in [0.4, 0.5) is 0 Å². The maximum atomic E-state index is 12.1. The Kier molecular flexibility index (Phi) is 4.12. The Morgan fingerprint density at radius 3 is 2.70 bits per heavy atom. The van der Waals surface area contributed by atoms with Crippen molar-refractivity contribution in [3.63, 3.8) is 0 Å². The quantitative estimate of drug-likeness (QED) is 0.749. The Labute approximate surface area is 121 Å². The topological polar surface area (TPSA) is 103 Å². The summed E-state index contributed by atoms with van der Waals surface area (Å²) in [6, 6.07) is 4.62. The van der Waals surface area contributed by atoms with Crippen molar-refractivity contribution in [1.29, 1.82) is 0 Å². The maximum Gasteiger partial charge on any atom is 0.242 e. The van der Waals surface area contributed by atoms with E-state index < -0.39 is 10.0 Å². The van der Waals surface area contributed by atoms with Gasteiger partial charge in [0.1, 0.15) is 9.88 Å². The molecule has 0 radical (unpaired) electrons. The molecule has 2 aromatic rings. The van der Waals surface area contributed by atoms with Gasteiger partial charge in [-0.05, 0) is 18.2 Å². The second kappa shape index (κ2) is 5.65. The lowest BCUT2D eigenvalue weighted by atomic mass is 10.3. The number of nitrogens with one attached hydrogen (secondary N) is 1. The fraction of sp³-hybridized carbons (Fsp3) is 0.182.